The molecule has 3 nitrogen and oxygen atoms in total. The molecule has 0 saturated heterocycles. The average Bonchev–Trinajstić information content (AvgIpc) is 2.54. The summed E-state index contributed by atoms with van der Waals surface area (Å²) in [5.41, 5.74) is 9.31. The molecule has 0 fully saturated rings. The molecule has 0 atom stereocenters. The zero-order chi connectivity index (χ0) is 16.1. The van der Waals surface area contributed by atoms with E-state index in [2.05, 4.69) is 40.0 Å². The van der Waals surface area contributed by atoms with Crippen LogP contribution in [0.3, 0.4) is 0 Å². The lowest BCUT2D eigenvalue weighted by Crippen LogP contribution is -2.34. The SMILES string of the molecule is CCc1cccc(N(C)C(N)=Nc2cccc(SC)c2)c1Br. The van der Waals surface area contributed by atoms with Gasteiger partial charge < -0.3 is 10.6 Å². The number of guanidine groups is 1. The smallest absolute Gasteiger partial charge is 0.200 e. The second-order valence-electron chi connectivity index (χ2n) is 4.83. The molecule has 0 bridgehead atoms. The average molecular weight is 378 g/mol. The highest BCUT2D eigenvalue weighted by Crippen LogP contribution is 2.30. The van der Waals surface area contributed by atoms with Crippen LogP contribution < -0.4 is 10.6 Å². The van der Waals surface area contributed by atoms with E-state index in [1.165, 1.54) is 10.5 Å². The van der Waals surface area contributed by atoms with Crippen LogP contribution in [0.1, 0.15) is 12.5 Å². The number of rotatable bonds is 4. The first-order valence-electron chi connectivity index (χ1n) is 7.06. The first-order valence-corrected chi connectivity index (χ1v) is 9.08. The van der Waals surface area contributed by atoms with E-state index in [-0.39, 0.29) is 0 Å². The quantitative estimate of drug-likeness (QED) is 0.471. The molecular formula is C17H20BrN3S. The van der Waals surface area contributed by atoms with Crippen LogP contribution in [-0.4, -0.2) is 19.3 Å². The molecule has 0 spiro atoms. The Bertz CT molecular complexity index is 685. The van der Waals surface area contributed by atoms with E-state index in [9.17, 15) is 0 Å². The van der Waals surface area contributed by atoms with Crippen LogP contribution in [0.5, 0.6) is 0 Å². The Kier molecular flexibility index (Phi) is 5.91. The molecule has 0 aliphatic heterocycles. The van der Waals surface area contributed by atoms with Crippen LogP contribution in [0.15, 0.2) is 56.8 Å². The number of anilines is 1. The van der Waals surface area contributed by atoms with E-state index in [0.29, 0.717) is 5.96 Å². The van der Waals surface area contributed by atoms with Crippen molar-refractivity contribution in [3.05, 3.63) is 52.5 Å². The summed E-state index contributed by atoms with van der Waals surface area (Å²) in [5, 5.41) is 0. The van der Waals surface area contributed by atoms with E-state index in [4.69, 9.17) is 5.73 Å². The molecule has 22 heavy (non-hydrogen) atoms. The summed E-state index contributed by atoms with van der Waals surface area (Å²) in [7, 11) is 1.93. The van der Waals surface area contributed by atoms with Gasteiger partial charge in [-0.25, -0.2) is 4.99 Å². The van der Waals surface area contributed by atoms with E-state index in [0.717, 1.165) is 22.3 Å². The van der Waals surface area contributed by atoms with E-state index < -0.39 is 0 Å². The molecule has 2 aromatic carbocycles. The monoisotopic (exact) mass is 377 g/mol. The number of aliphatic imine (C=N–C) groups is 1. The summed E-state index contributed by atoms with van der Waals surface area (Å²) in [6.07, 6.45) is 3.01. The van der Waals surface area contributed by atoms with Crippen LogP contribution in [0.4, 0.5) is 11.4 Å². The van der Waals surface area contributed by atoms with Gasteiger partial charge in [-0.2, -0.15) is 0 Å². The fraction of sp³-hybridized carbons (Fsp3) is 0.235. The highest BCUT2D eigenvalue weighted by atomic mass is 79.9. The van der Waals surface area contributed by atoms with Crippen molar-refractivity contribution in [1.82, 2.24) is 0 Å². The number of hydrogen-bond donors (Lipinski definition) is 1. The second-order valence-corrected chi connectivity index (χ2v) is 6.51. The molecule has 0 saturated carbocycles. The molecule has 5 heteroatoms. The lowest BCUT2D eigenvalue weighted by atomic mass is 10.1. The topological polar surface area (TPSA) is 41.6 Å². The molecule has 2 aromatic rings. The number of nitrogens with two attached hydrogens (primary N) is 1. The van der Waals surface area contributed by atoms with Gasteiger partial charge >= 0.3 is 0 Å². The Morgan fingerprint density at radius 1 is 1.27 bits per heavy atom. The molecule has 0 aliphatic rings. The standard InChI is InChI=1S/C17H20BrN3S/c1-4-12-7-5-10-15(16(12)18)21(2)17(19)20-13-8-6-9-14(11-13)22-3/h5-11H,4H2,1-3H3,(H2,19,20). The first kappa shape index (κ1) is 16.9. The van der Waals surface area contributed by atoms with Gasteiger partial charge in [-0.05, 0) is 58.4 Å². The summed E-state index contributed by atoms with van der Waals surface area (Å²) in [4.78, 5) is 7.60. The summed E-state index contributed by atoms with van der Waals surface area (Å²) in [6, 6.07) is 14.2. The molecular weight excluding hydrogens is 358 g/mol. The summed E-state index contributed by atoms with van der Waals surface area (Å²) in [5.74, 6) is 0.465. The predicted octanol–water partition coefficient (Wildman–Crippen LogP) is 4.82. The highest BCUT2D eigenvalue weighted by molar-refractivity contribution is 9.10. The van der Waals surface area contributed by atoms with Crippen molar-refractivity contribution in [2.24, 2.45) is 10.7 Å². The lowest BCUT2D eigenvalue weighted by Gasteiger charge is -2.21. The van der Waals surface area contributed by atoms with E-state index in [1.54, 1.807) is 11.8 Å². The Hall–Kier alpha value is -1.46. The minimum Gasteiger partial charge on any atom is -0.369 e. The number of aryl methyl sites for hydroxylation is 1. The fourth-order valence-electron chi connectivity index (χ4n) is 2.11. The third-order valence-corrected chi connectivity index (χ3v) is 5.08. The maximum Gasteiger partial charge on any atom is 0.200 e. The number of halogens is 1. The van der Waals surface area contributed by atoms with Gasteiger partial charge in [0.2, 0.25) is 5.96 Å². The van der Waals surface area contributed by atoms with Crippen molar-refractivity contribution in [3.63, 3.8) is 0 Å². The Labute approximate surface area is 144 Å². The fourth-order valence-corrected chi connectivity index (χ4v) is 3.37. The lowest BCUT2D eigenvalue weighted by molar-refractivity contribution is 1.11. The maximum atomic E-state index is 6.18. The molecule has 0 aliphatic carbocycles. The molecule has 0 radical (unpaired) electrons. The van der Waals surface area contributed by atoms with Crippen molar-refractivity contribution < 1.29 is 0 Å². The molecule has 0 unspecified atom stereocenters. The van der Waals surface area contributed by atoms with E-state index >= 15 is 0 Å². The van der Waals surface area contributed by atoms with Gasteiger partial charge in [0.1, 0.15) is 0 Å². The summed E-state index contributed by atoms with van der Waals surface area (Å²) in [6.45, 7) is 2.13. The number of nitrogens with zero attached hydrogens (tertiary/aromatic N) is 2. The van der Waals surface area contributed by atoms with Crippen LogP contribution in [0.25, 0.3) is 0 Å². The van der Waals surface area contributed by atoms with Gasteiger partial charge in [0.15, 0.2) is 0 Å². The van der Waals surface area contributed by atoms with Crippen molar-refractivity contribution >= 4 is 45.0 Å². The Morgan fingerprint density at radius 2 is 2.00 bits per heavy atom. The highest BCUT2D eigenvalue weighted by Gasteiger charge is 2.11. The van der Waals surface area contributed by atoms with Gasteiger partial charge in [0.25, 0.3) is 0 Å². The number of hydrogen-bond acceptors (Lipinski definition) is 2. The van der Waals surface area contributed by atoms with Gasteiger partial charge in [-0.15, -0.1) is 11.8 Å². The largest absolute Gasteiger partial charge is 0.369 e. The van der Waals surface area contributed by atoms with Crippen LogP contribution in [-0.2, 0) is 6.42 Å². The zero-order valence-electron chi connectivity index (χ0n) is 13.0. The molecule has 0 heterocycles. The minimum absolute atomic E-state index is 0.465. The normalized spacial score (nSPS) is 11.5. The minimum atomic E-state index is 0.465. The molecule has 0 amide bonds. The third kappa shape index (κ3) is 3.84. The maximum absolute atomic E-state index is 6.18. The zero-order valence-corrected chi connectivity index (χ0v) is 15.4. The molecule has 0 aromatic heterocycles. The van der Waals surface area contributed by atoms with Crippen molar-refractivity contribution in [3.8, 4) is 0 Å². The molecule has 2 N–H and O–H groups in total. The second kappa shape index (κ2) is 7.70. The van der Waals surface area contributed by atoms with Gasteiger partial charge in [-0.3, -0.25) is 0 Å². The summed E-state index contributed by atoms with van der Waals surface area (Å²) < 4.78 is 1.07. The Balaban J connectivity index is 2.32. The molecule has 116 valence electrons. The van der Waals surface area contributed by atoms with Crippen molar-refractivity contribution in [1.29, 1.82) is 0 Å². The van der Waals surface area contributed by atoms with Crippen molar-refractivity contribution in [2.75, 3.05) is 18.2 Å². The van der Waals surface area contributed by atoms with Crippen molar-refractivity contribution in [2.45, 2.75) is 18.2 Å². The van der Waals surface area contributed by atoms with Crippen LogP contribution >= 0.6 is 27.7 Å². The number of benzene rings is 2. The predicted molar refractivity (Wildman–Crippen MR) is 101 cm³/mol. The van der Waals surface area contributed by atoms with Gasteiger partial charge in [0.05, 0.1) is 11.4 Å². The first-order chi connectivity index (χ1) is 10.6. The van der Waals surface area contributed by atoms with E-state index in [1.807, 2.05) is 48.5 Å². The van der Waals surface area contributed by atoms with Gasteiger partial charge in [-0.1, -0.05) is 25.1 Å². The Morgan fingerprint density at radius 3 is 2.68 bits per heavy atom. The van der Waals surface area contributed by atoms with Crippen LogP contribution in [0, 0.1) is 0 Å². The van der Waals surface area contributed by atoms with Crippen LogP contribution in [0.2, 0.25) is 0 Å². The molecule has 2 rings (SSSR count). The number of thioether (sulfide) groups is 1. The third-order valence-electron chi connectivity index (χ3n) is 3.44. The van der Waals surface area contributed by atoms with Gasteiger partial charge in [0, 0.05) is 16.4 Å². The summed E-state index contributed by atoms with van der Waals surface area (Å²) >= 11 is 5.35.